The van der Waals surface area contributed by atoms with Gasteiger partial charge in [-0.3, -0.25) is 0 Å². The molecule has 1 fully saturated rings. The average Bonchev–Trinajstić information content (AvgIpc) is 2.02. The Hall–Kier alpha value is -0.290. The fourth-order valence-corrected chi connectivity index (χ4v) is 1.76. The van der Waals surface area contributed by atoms with Crippen LogP contribution in [0.25, 0.3) is 0 Å². The summed E-state index contributed by atoms with van der Waals surface area (Å²) in [7, 11) is 0. The number of hydrogen-bond acceptors (Lipinski definition) is 2. The van der Waals surface area contributed by atoms with Crippen molar-refractivity contribution in [2.75, 3.05) is 13.1 Å². The lowest BCUT2D eigenvalue weighted by Crippen LogP contribution is -2.41. The fourth-order valence-electron chi connectivity index (χ4n) is 1.76. The average molecular weight is 211 g/mol. The predicted octanol–water partition coefficient (Wildman–Crippen LogP) is 1.83. The van der Waals surface area contributed by atoms with Gasteiger partial charge in [0.05, 0.1) is 5.60 Å². The van der Waals surface area contributed by atoms with Crippen molar-refractivity contribution in [3.63, 3.8) is 0 Å². The lowest BCUT2D eigenvalue weighted by Gasteiger charge is -2.32. The molecule has 1 heterocycles. The summed E-state index contributed by atoms with van der Waals surface area (Å²) >= 11 is 0. The summed E-state index contributed by atoms with van der Waals surface area (Å²) in [6.07, 6.45) is -3.48. The Labute approximate surface area is 81.5 Å². The normalized spacial score (nSPS) is 22.3. The Morgan fingerprint density at radius 1 is 1.21 bits per heavy atom. The highest BCUT2D eigenvalue weighted by Crippen LogP contribution is 2.28. The van der Waals surface area contributed by atoms with Crippen molar-refractivity contribution in [3.8, 4) is 0 Å². The van der Waals surface area contributed by atoms with Crippen molar-refractivity contribution in [1.82, 2.24) is 5.32 Å². The number of aliphatic hydroxyl groups is 1. The van der Waals surface area contributed by atoms with E-state index >= 15 is 0 Å². The first-order valence-electron chi connectivity index (χ1n) is 4.91. The minimum Gasteiger partial charge on any atom is -0.390 e. The number of hydrogen-bond donors (Lipinski definition) is 2. The van der Waals surface area contributed by atoms with E-state index in [9.17, 15) is 18.3 Å². The zero-order valence-electron chi connectivity index (χ0n) is 8.03. The molecule has 0 unspecified atom stereocenters. The SMILES string of the molecule is OC1(CCCC(F)(F)F)CCNCC1. The van der Waals surface area contributed by atoms with E-state index in [-0.39, 0.29) is 12.8 Å². The van der Waals surface area contributed by atoms with Gasteiger partial charge in [0.15, 0.2) is 0 Å². The van der Waals surface area contributed by atoms with Crippen LogP contribution in [0, 0.1) is 0 Å². The van der Waals surface area contributed by atoms with Gasteiger partial charge in [-0.15, -0.1) is 0 Å². The van der Waals surface area contributed by atoms with E-state index in [2.05, 4.69) is 5.32 Å². The number of alkyl halides is 3. The molecule has 1 aliphatic rings. The van der Waals surface area contributed by atoms with Gasteiger partial charge in [-0.2, -0.15) is 13.2 Å². The van der Waals surface area contributed by atoms with Crippen LogP contribution in [0.4, 0.5) is 13.2 Å². The quantitative estimate of drug-likeness (QED) is 0.746. The lowest BCUT2D eigenvalue weighted by atomic mass is 9.87. The molecule has 0 saturated carbocycles. The molecule has 84 valence electrons. The van der Waals surface area contributed by atoms with Crippen LogP contribution >= 0.6 is 0 Å². The van der Waals surface area contributed by atoms with Gasteiger partial charge in [-0.1, -0.05) is 0 Å². The number of rotatable bonds is 3. The molecule has 1 aliphatic heterocycles. The third kappa shape index (κ3) is 4.28. The molecule has 0 aromatic rings. The molecule has 2 nitrogen and oxygen atoms in total. The van der Waals surface area contributed by atoms with Crippen molar-refractivity contribution in [2.24, 2.45) is 0 Å². The summed E-state index contributed by atoms with van der Waals surface area (Å²) in [5, 5.41) is 12.9. The van der Waals surface area contributed by atoms with Gasteiger partial charge in [0, 0.05) is 6.42 Å². The van der Waals surface area contributed by atoms with E-state index < -0.39 is 18.2 Å². The molecule has 2 N–H and O–H groups in total. The highest BCUT2D eigenvalue weighted by molar-refractivity contribution is 4.84. The maximum absolute atomic E-state index is 11.8. The topological polar surface area (TPSA) is 32.3 Å². The van der Waals surface area contributed by atoms with Crippen LogP contribution in [0.3, 0.4) is 0 Å². The second kappa shape index (κ2) is 4.49. The molecule has 1 saturated heterocycles. The second-order valence-electron chi connectivity index (χ2n) is 3.94. The fraction of sp³-hybridized carbons (Fsp3) is 1.00. The number of halogens is 3. The van der Waals surface area contributed by atoms with Crippen LogP contribution in [0.1, 0.15) is 32.1 Å². The van der Waals surface area contributed by atoms with E-state index in [4.69, 9.17) is 0 Å². The second-order valence-corrected chi connectivity index (χ2v) is 3.94. The van der Waals surface area contributed by atoms with E-state index in [1.165, 1.54) is 0 Å². The zero-order valence-corrected chi connectivity index (χ0v) is 8.03. The number of nitrogens with one attached hydrogen (secondary N) is 1. The van der Waals surface area contributed by atoms with E-state index in [0.717, 1.165) is 0 Å². The molecule has 5 heteroatoms. The Bertz CT molecular complexity index is 175. The van der Waals surface area contributed by atoms with Crippen molar-refractivity contribution in [2.45, 2.75) is 43.9 Å². The molecular weight excluding hydrogens is 195 g/mol. The monoisotopic (exact) mass is 211 g/mol. The van der Waals surface area contributed by atoms with Gasteiger partial charge in [0.1, 0.15) is 0 Å². The van der Waals surface area contributed by atoms with Crippen LogP contribution in [0.5, 0.6) is 0 Å². The standard InChI is InChI=1S/C9H16F3NO/c10-9(11,12)3-1-2-8(14)4-6-13-7-5-8/h13-14H,1-7H2. The summed E-state index contributed by atoms with van der Waals surface area (Å²) in [5.74, 6) is 0. The third-order valence-electron chi connectivity index (χ3n) is 2.64. The summed E-state index contributed by atoms with van der Waals surface area (Å²) < 4.78 is 35.5. The first-order valence-corrected chi connectivity index (χ1v) is 4.91. The third-order valence-corrected chi connectivity index (χ3v) is 2.64. The van der Waals surface area contributed by atoms with Gasteiger partial charge in [-0.25, -0.2) is 0 Å². The lowest BCUT2D eigenvalue weighted by molar-refractivity contribution is -0.138. The highest BCUT2D eigenvalue weighted by Gasteiger charge is 2.32. The van der Waals surface area contributed by atoms with E-state index in [0.29, 0.717) is 25.9 Å². The largest absolute Gasteiger partial charge is 0.390 e. The summed E-state index contributed by atoms with van der Waals surface area (Å²) in [6.45, 7) is 1.39. The molecule has 0 bridgehead atoms. The van der Waals surface area contributed by atoms with Crippen LogP contribution < -0.4 is 5.32 Å². The van der Waals surface area contributed by atoms with Crippen molar-refractivity contribution in [3.05, 3.63) is 0 Å². The summed E-state index contributed by atoms with van der Waals surface area (Å²) in [5.41, 5.74) is -0.865. The predicted molar refractivity (Wildman–Crippen MR) is 47.0 cm³/mol. The maximum Gasteiger partial charge on any atom is 0.389 e. The molecule has 0 amide bonds. The maximum atomic E-state index is 11.8. The summed E-state index contributed by atoms with van der Waals surface area (Å²) in [4.78, 5) is 0. The molecule has 14 heavy (non-hydrogen) atoms. The Kier molecular flexibility index (Phi) is 3.78. The first-order chi connectivity index (χ1) is 6.41. The molecular formula is C9H16F3NO. The van der Waals surface area contributed by atoms with Gasteiger partial charge in [0.2, 0.25) is 0 Å². The Morgan fingerprint density at radius 3 is 2.29 bits per heavy atom. The van der Waals surface area contributed by atoms with Crippen LogP contribution in [-0.4, -0.2) is 30.0 Å². The minimum atomic E-state index is -4.09. The van der Waals surface area contributed by atoms with Gasteiger partial charge >= 0.3 is 6.18 Å². The minimum absolute atomic E-state index is 0.0278. The molecule has 1 rings (SSSR count). The molecule has 0 aliphatic carbocycles. The van der Waals surface area contributed by atoms with Crippen molar-refractivity contribution in [1.29, 1.82) is 0 Å². The van der Waals surface area contributed by atoms with Crippen LogP contribution in [0.15, 0.2) is 0 Å². The molecule has 0 aromatic carbocycles. The van der Waals surface area contributed by atoms with Crippen molar-refractivity contribution < 1.29 is 18.3 Å². The molecule has 0 aromatic heterocycles. The molecule has 0 spiro atoms. The van der Waals surface area contributed by atoms with Crippen LogP contribution in [-0.2, 0) is 0 Å². The Morgan fingerprint density at radius 2 is 1.79 bits per heavy atom. The Balaban J connectivity index is 2.22. The molecule has 0 radical (unpaired) electrons. The van der Waals surface area contributed by atoms with E-state index in [1.54, 1.807) is 0 Å². The van der Waals surface area contributed by atoms with Crippen LogP contribution in [0.2, 0.25) is 0 Å². The van der Waals surface area contributed by atoms with E-state index in [1.807, 2.05) is 0 Å². The molecule has 0 atom stereocenters. The summed E-state index contributed by atoms with van der Waals surface area (Å²) in [6, 6.07) is 0. The first kappa shape index (κ1) is 11.8. The smallest absolute Gasteiger partial charge is 0.389 e. The highest BCUT2D eigenvalue weighted by atomic mass is 19.4. The zero-order chi connectivity index (χ0) is 10.7. The van der Waals surface area contributed by atoms with Gasteiger partial charge in [0.25, 0.3) is 0 Å². The van der Waals surface area contributed by atoms with Gasteiger partial charge in [-0.05, 0) is 38.8 Å². The number of piperidine rings is 1. The van der Waals surface area contributed by atoms with Gasteiger partial charge < -0.3 is 10.4 Å². The van der Waals surface area contributed by atoms with Crippen molar-refractivity contribution >= 4 is 0 Å².